The summed E-state index contributed by atoms with van der Waals surface area (Å²) in [5.41, 5.74) is 2.73. The molecule has 0 radical (unpaired) electrons. The van der Waals surface area contributed by atoms with Crippen LogP contribution in [0.1, 0.15) is 18.1 Å². The molecule has 6 heteroatoms. The van der Waals surface area contributed by atoms with Crippen molar-refractivity contribution >= 4 is 40.9 Å². The lowest BCUT2D eigenvalue weighted by Crippen LogP contribution is -2.13. The van der Waals surface area contributed by atoms with Crippen LogP contribution in [0, 0.1) is 6.92 Å². The summed E-state index contributed by atoms with van der Waals surface area (Å²) in [6.45, 7) is 3.31. The Morgan fingerprint density at radius 1 is 1.08 bits per heavy atom. The van der Waals surface area contributed by atoms with Gasteiger partial charge in [-0.05, 0) is 42.3 Å². The second-order valence-corrected chi connectivity index (χ2v) is 5.83. The number of aryl methyl sites for hydroxylation is 1. The van der Waals surface area contributed by atoms with Gasteiger partial charge in [-0.1, -0.05) is 23.7 Å². The lowest BCUT2D eigenvalue weighted by atomic mass is 10.1. The molecule has 2 aromatic carbocycles. The molecule has 25 heavy (non-hydrogen) atoms. The normalized spacial score (nSPS) is 10.6. The molecule has 2 aromatic rings. The Balaban J connectivity index is 2.17. The van der Waals surface area contributed by atoms with Crippen molar-refractivity contribution in [1.82, 2.24) is 0 Å². The van der Waals surface area contributed by atoms with Gasteiger partial charge in [-0.15, -0.1) is 0 Å². The molecule has 5 nitrogen and oxygen atoms in total. The molecule has 0 atom stereocenters. The predicted octanol–water partition coefficient (Wildman–Crippen LogP) is 4.27. The summed E-state index contributed by atoms with van der Waals surface area (Å²) in [7, 11) is 1.53. The molecule has 2 N–H and O–H groups in total. The summed E-state index contributed by atoms with van der Waals surface area (Å²) in [6, 6.07) is 10.6. The smallest absolute Gasteiger partial charge is 0.248 e. The van der Waals surface area contributed by atoms with Crippen molar-refractivity contribution in [2.45, 2.75) is 13.8 Å². The lowest BCUT2D eigenvalue weighted by molar-refractivity contribution is -0.114. The van der Waals surface area contributed by atoms with Crippen LogP contribution in [-0.4, -0.2) is 18.9 Å². The molecule has 0 saturated carbocycles. The van der Waals surface area contributed by atoms with E-state index in [9.17, 15) is 9.59 Å². The van der Waals surface area contributed by atoms with Crippen molar-refractivity contribution in [1.29, 1.82) is 0 Å². The van der Waals surface area contributed by atoms with Crippen LogP contribution in [-0.2, 0) is 9.59 Å². The Bertz CT molecular complexity index is 831. The maximum atomic E-state index is 12.2. The van der Waals surface area contributed by atoms with Crippen molar-refractivity contribution in [2.75, 3.05) is 17.7 Å². The number of ether oxygens (including phenoxy) is 1. The van der Waals surface area contributed by atoms with Crippen LogP contribution in [0.3, 0.4) is 0 Å². The molecule has 0 bridgehead atoms. The van der Waals surface area contributed by atoms with E-state index in [0.717, 1.165) is 11.1 Å². The second-order valence-electron chi connectivity index (χ2n) is 5.42. The van der Waals surface area contributed by atoms with Crippen LogP contribution < -0.4 is 15.4 Å². The van der Waals surface area contributed by atoms with E-state index in [-0.39, 0.29) is 11.8 Å². The maximum absolute atomic E-state index is 12.2. The second kappa shape index (κ2) is 8.35. The highest BCUT2D eigenvalue weighted by molar-refractivity contribution is 6.31. The van der Waals surface area contributed by atoms with Crippen molar-refractivity contribution < 1.29 is 14.3 Å². The molecule has 0 heterocycles. The Labute approximate surface area is 151 Å². The van der Waals surface area contributed by atoms with Crippen LogP contribution >= 0.6 is 11.6 Å². The summed E-state index contributed by atoms with van der Waals surface area (Å²) >= 11 is 6.07. The highest BCUT2D eigenvalue weighted by Gasteiger charge is 2.08. The molecular weight excluding hydrogens is 340 g/mol. The summed E-state index contributed by atoms with van der Waals surface area (Å²) in [5, 5.41) is 6.04. The lowest BCUT2D eigenvalue weighted by Gasteiger charge is -2.12. The Morgan fingerprint density at radius 2 is 1.84 bits per heavy atom. The van der Waals surface area contributed by atoms with Gasteiger partial charge in [-0.2, -0.15) is 0 Å². The van der Waals surface area contributed by atoms with Gasteiger partial charge in [0.15, 0.2) is 0 Å². The van der Waals surface area contributed by atoms with Crippen LogP contribution in [0.5, 0.6) is 5.75 Å². The number of methoxy groups -OCH3 is 1. The molecule has 0 aromatic heterocycles. The summed E-state index contributed by atoms with van der Waals surface area (Å²) < 4.78 is 5.15. The topological polar surface area (TPSA) is 67.4 Å². The van der Waals surface area contributed by atoms with E-state index in [0.29, 0.717) is 22.1 Å². The van der Waals surface area contributed by atoms with E-state index in [4.69, 9.17) is 16.3 Å². The average molecular weight is 359 g/mol. The van der Waals surface area contributed by atoms with Crippen LogP contribution in [0.2, 0.25) is 5.02 Å². The summed E-state index contributed by atoms with van der Waals surface area (Å²) in [4.78, 5) is 23.5. The third-order valence-electron chi connectivity index (χ3n) is 3.42. The average Bonchev–Trinajstić information content (AvgIpc) is 2.57. The van der Waals surface area contributed by atoms with Gasteiger partial charge in [0.2, 0.25) is 11.8 Å². The summed E-state index contributed by atoms with van der Waals surface area (Å²) in [6.07, 6.45) is 3.07. The Kier molecular flexibility index (Phi) is 6.19. The fraction of sp³-hybridized carbons (Fsp3) is 0.158. The molecule has 0 fully saturated rings. The molecule has 2 amide bonds. The maximum Gasteiger partial charge on any atom is 0.248 e. The number of hydrogen-bond donors (Lipinski definition) is 2. The van der Waals surface area contributed by atoms with Crippen molar-refractivity contribution in [3.8, 4) is 5.75 Å². The number of benzene rings is 2. The number of nitrogens with one attached hydrogen (secondary N) is 2. The van der Waals surface area contributed by atoms with Crippen molar-refractivity contribution in [3.05, 3.63) is 58.6 Å². The van der Waals surface area contributed by atoms with Gasteiger partial charge in [-0.25, -0.2) is 0 Å². The molecule has 0 aliphatic heterocycles. The predicted molar refractivity (Wildman–Crippen MR) is 101 cm³/mol. The van der Waals surface area contributed by atoms with E-state index in [1.807, 2.05) is 19.1 Å². The number of anilines is 2. The number of halogens is 1. The first-order valence-electron chi connectivity index (χ1n) is 7.60. The first kappa shape index (κ1) is 18.5. The molecule has 2 rings (SSSR count). The van der Waals surface area contributed by atoms with Crippen LogP contribution in [0.25, 0.3) is 6.08 Å². The Morgan fingerprint density at radius 3 is 2.48 bits per heavy atom. The zero-order valence-electron chi connectivity index (χ0n) is 14.2. The molecular formula is C19H19ClN2O3. The first-order chi connectivity index (χ1) is 11.9. The van der Waals surface area contributed by atoms with Gasteiger partial charge in [-0.3, -0.25) is 9.59 Å². The number of hydrogen-bond acceptors (Lipinski definition) is 3. The van der Waals surface area contributed by atoms with Gasteiger partial charge in [0, 0.05) is 24.1 Å². The molecule has 130 valence electrons. The highest BCUT2D eigenvalue weighted by atomic mass is 35.5. The van der Waals surface area contributed by atoms with Crippen molar-refractivity contribution in [3.63, 3.8) is 0 Å². The third-order valence-corrected chi connectivity index (χ3v) is 3.83. The van der Waals surface area contributed by atoms with Gasteiger partial charge < -0.3 is 15.4 Å². The summed E-state index contributed by atoms with van der Waals surface area (Å²) in [5.74, 6) is 0.000700. The van der Waals surface area contributed by atoms with E-state index in [2.05, 4.69) is 10.6 Å². The third kappa shape index (κ3) is 5.36. The minimum Gasteiger partial charge on any atom is -0.497 e. The molecule has 0 aliphatic carbocycles. The minimum atomic E-state index is -0.337. The first-order valence-corrected chi connectivity index (χ1v) is 7.97. The zero-order chi connectivity index (χ0) is 18.4. The monoisotopic (exact) mass is 358 g/mol. The fourth-order valence-electron chi connectivity index (χ4n) is 2.11. The number of rotatable bonds is 5. The minimum absolute atomic E-state index is 0.231. The van der Waals surface area contributed by atoms with E-state index in [1.165, 1.54) is 20.1 Å². The molecule has 0 unspecified atom stereocenters. The van der Waals surface area contributed by atoms with E-state index < -0.39 is 0 Å². The van der Waals surface area contributed by atoms with E-state index >= 15 is 0 Å². The quantitative estimate of drug-likeness (QED) is 0.784. The Hall–Kier alpha value is -2.79. The van der Waals surface area contributed by atoms with Crippen molar-refractivity contribution in [2.24, 2.45) is 0 Å². The fourth-order valence-corrected chi connectivity index (χ4v) is 2.30. The standard InChI is InChI=1S/C19H19ClN2O3/c1-12-4-5-14(10-16(12)20)6-9-19(24)22-18-11-15(25-3)7-8-17(18)21-13(2)23/h4-11H,1-3H3,(H,21,23)(H,22,24)/b9-6+. The van der Waals surface area contributed by atoms with Crippen LogP contribution in [0.15, 0.2) is 42.5 Å². The SMILES string of the molecule is COc1ccc(NC(C)=O)c(NC(=O)/C=C/c2ccc(C)c(Cl)c2)c1. The highest BCUT2D eigenvalue weighted by Crippen LogP contribution is 2.27. The van der Waals surface area contributed by atoms with Gasteiger partial charge in [0.1, 0.15) is 5.75 Å². The number of amides is 2. The van der Waals surface area contributed by atoms with Gasteiger partial charge >= 0.3 is 0 Å². The van der Waals surface area contributed by atoms with Crippen LogP contribution in [0.4, 0.5) is 11.4 Å². The number of carbonyl (C=O) groups is 2. The molecule has 0 spiro atoms. The molecule has 0 aliphatic rings. The number of carbonyl (C=O) groups excluding carboxylic acids is 2. The molecule has 0 saturated heterocycles. The van der Waals surface area contributed by atoms with Gasteiger partial charge in [0.25, 0.3) is 0 Å². The van der Waals surface area contributed by atoms with Gasteiger partial charge in [0.05, 0.1) is 18.5 Å². The van der Waals surface area contributed by atoms with E-state index in [1.54, 1.807) is 30.3 Å². The largest absolute Gasteiger partial charge is 0.497 e. The zero-order valence-corrected chi connectivity index (χ0v) is 15.0.